The number of carbonyl (C=O) groups excluding carboxylic acids is 1. The fourth-order valence-corrected chi connectivity index (χ4v) is 2.37. The Balaban J connectivity index is 1.86. The lowest BCUT2D eigenvalue weighted by molar-refractivity contribution is -0.0598. The van der Waals surface area contributed by atoms with Gasteiger partial charge in [-0.05, 0) is 42.0 Å². The summed E-state index contributed by atoms with van der Waals surface area (Å²) < 4.78 is 0. The monoisotopic (exact) mass is 312 g/mol. The number of nitrogens with zero attached hydrogens (tertiary/aromatic N) is 1. The van der Waals surface area contributed by atoms with Crippen LogP contribution >= 0.6 is 0 Å². The van der Waals surface area contributed by atoms with E-state index in [4.69, 9.17) is 4.84 Å². The van der Waals surface area contributed by atoms with Gasteiger partial charge in [0.2, 0.25) is 0 Å². The van der Waals surface area contributed by atoms with Gasteiger partial charge in [0.1, 0.15) is 0 Å². The number of hydrogen-bond acceptors (Lipinski definition) is 2. The molecule has 122 valence electrons. The first-order chi connectivity index (χ1) is 11.1. The van der Waals surface area contributed by atoms with Gasteiger partial charge < -0.3 is 5.32 Å². The molecule has 0 saturated carbocycles. The number of hydroxylamine groups is 2. The van der Waals surface area contributed by atoms with Gasteiger partial charge in [0, 0.05) is 12.7 Å². The predicted octanol–water partition coefficient (Wildman–Crippen LogP) is 4.45. The third kappa shape index (κ3) is 5.11. The normalized spacial score (nSPS) is 11.8. The van der Waals surface area contributed by atoms with E-state index in [0.29, 0.717) is 5.92 Å². The highest BCUT2D eigenvalue weighted by Gasteiger charge is 2.08. The average molecular weight is 312 g/mol. The Kier molecular flexibility index (Phi) is 6.18. The van der Waals surface area contributed by atoms with Crippen molar-refractivity contribution in [3.8, 4) is 0 Å². The summed E-state index contributed by atoms with van der Waals surface area (Å²) in [7, 11) is 3.02. The Morgan fingerprint density at radius 3 is 2.39 bits per heavy atom. The molecule has 1 unspecified atom stereocenters. The third-order valence-electron chi connectivity index (χ3n) is 4.00. The van der Waals surface area contributed by atoms with Crippen molar-refractivity contribution in [1.29, 1.82) is 0 Å². The molecule has 0 spiro atoms. The number of nitrogens with one attached hydrogen (secondary N) is 1. The maximum Gasteiger partial charge on any atom is 0.345 e. The maximum absolute atomic E-state index is 11.7. The molecular formula is C19H24N2O2. The van der Waals surface area contributed by atoms with E-state index in [-0.39, 0.29) is 6.03 Å². The smallest absolute Gasteiger partial charge is 0.306 e. The summed E-state index contributed by atoms with van der Waals surface area (Å²) in [5.41, 5.74) is 3.41. The van der Waals surface area contributed by atoms with E-state index >= 15 is 0 Å². The molecule has 4 heteroatoms. The number of amides is 2. The fourth-order valence-electron chi connectivity index (χ4n) is 2.37. The summed E-state index contributed by atoms with van der Waals surface area (Å²) in [6.07, 6.45) is 2.12. The Bertz CT molecular complexity index is 611. The van der Waals surface area contributed by atoms with Crippen molar-refractivity contribution >= 4 is 11.7 Å². The second-order valence-corrected chi connectivity index (χ2v) is 5.66. The summed E-state index contributed by atoms with van der Waals surface area (Å²) in [4.78, 5) is 16.5. The first kappa shape index (κ1) is 17.0. The van der Waals surface area contributed by atoms with E-state index in [0.717, 1.165) is 23.6 Å². The minimum absolute atomic E-state index is 0.294. The first-order valence-electron chi connectivity index (χ1n) is 7.83. The van der Waals surface area contributed by atoms with Crippen LogP contribution < -0.4 is 5.32 Å². The summed E-state index contributed by atoms with van der Waals surface area (Å²) in [5, 5.41) is 3.92. The topological polar surface area (TPSA) is 41.6 Å². The number of aryl methyl sites for hydroxylation is 1. The van der Waals surface area contributed by atoms with Crippen LogP contribution in [0.1, 0.15) is 30.4 Å². The molecule has 1 N–H and O–H groups in total. The first-order valence-corrected chi connectivity index (χ1v) is 7.83. The van der Waals surface area contributed by atoms with E-state index in [1.165, 1.54) is 18.2 Å². The molecule has 0 fully saturated rings. The van der Waals surface area contributed by atoms with E-state index in [1.54, 1.807) is 7.05 Å². The van der Waals surface area contributed by atoms with Crippen molar-refractivity contribution in [3.05, 3.63) is 65.7 Å². The quantitative estimate of drug-likeness (QED) is 0.801. The van der Waals surface area contributed by atoms with Gasteiger partial charge in [-0.2, -0.15) is 0 Å². The van der Waals surface area contributed by atoms with Crippen LogP contribution in [0.15, 0.2) is 54.6 Å². The molecule has 0 bridgehead atoms. The number of urea groups is 1. The molecule has 0 radical (unpaired) electrons. The Morgan fingerprint density at radius 1 is 1.13 bits per heavy atom. The molecule has 2 amide bonds. The summed E-state index contributed by atoms with van der Waals surface area (Å²) >= 11 is 0. The van der Waals surface area contributed by atoms with Crippen LogP contribution in [0.2, 0.25) is 0 Å². The van der Waals surface area contributed by atoms with Crippen molar-refractivity contribution in [2.24, 2.45) is 0 Å². The van der Waals surface area contributed by atoms with Crippen molar-refractivity contribution in [2.75, 3.05) is 19.5 Å². The lowest BCUT2D eigenvalue weighted by atomic mass is 9.94. The number of carbonyl (C=O) groups is 1. The van der Waals surface area contributed by atoms with Crippen LogP contribution in [0.25, 0.3) is 0 Å². The Labute approximate surface area is 138 Å². The molecule has 0 aliphatic carbocycles. The second-order valence-electron chi connectivity index (χ2n) is 5.66. The molecule has 1 atom stereocenters. The molecule has 0 saturated heterocycles. The standard InChI is InChI=1S/C19H24N2O2/c1-15(17-7-5-4-6-8-17)9-10-16-11-13-18(14-12-16)20-19(22)21(2)23-3/h4-8,11-15H,9-10H2,1-3H3,(H,20,22). The molecule has 23 heavy (non-hydrogen) atoms. The minimum atomic E-state index is -0.294. The molecule has 0 heterocycles. The third-order valence-corrected chi connectivity index (χ3v) is 4.00. The van der Waals surface area contributed by atoms with Crippen molar-refractivity contribution < 1.29 is 9.63 Å². The largest absolute Gasteiger partial charge is 0.345 e. The highest BCUT2D eigenvalue weighted by atomic mass is 16.7. The van der Waals surface area contributed by atoms with Gasteiger partial charge in [-0.25, -0.2) is 9.86 Å². The molecule has 2 aromatic carbocycles. The van der Waals surface area contributed by atoms with E-state index in [1.807, 2.05) is 18.2 Å². The lowest BCUT2D eigenvalue weighted by Crippen LogP contribution is -2.30. The number of anilines is 1. The van der Waals surface area contributed by atoms with Crippen LogP contribution in [0.3, 0.4) is 0 Å². The second kappa shape index (κ2) is 8.34. The fraction of sp³-hybridized carbons (Fsp3) is 0.316. The van der Waals surface area contributed by atoms with Gasteiger partial charge in [-0.1, -0.05) is 49.4 Å². The van der Waals surface area contributed by atoms with Gasteiger partial charge >= 0.3 is 6.03 Å². The van der Waals surface area contributed by atoms with Crippen LogP contribution in [0.4, 0.5) is 10.5 Å². The van der Waals surface area contributed by atoms with E-state index in [9.17, 15) is 4.79 Å². The van der Waals surface area contributed by atoms with Crippen molar-refractivity contribution in [1.82, 2.24) is 5.06 Å². The van der Waals surface area contributed by atoms with Crippen LogP contribution in [-0.4, -0.2) is 25.3 Å². The van der Waals surface area contributed by atoms with Crippen LogP contribution in [-0.2, 0) is 11.3 Å². The summed E-state index contributed by atoms with van der Waals surface area (Å²) in [6, 6.07) is 18.2. The van der Waals surface area contributed by atoms with Crippen molar-refractivity contribution in [2.45, 2.75) is 25.7 Å². The Hall–Kier alpha value is -2.33. The van der Waals surface area contributed by atoms with Crippen LogP contribution in [0.5, 0.6) is 0 Å². The molecule has 4 nitrogen and oxygen atoms in total. The lowest BCUT2D eigenvalue weighted by Gasteiger charge is -2.15. The van der Waals surface area contributed by atoms with Crippen LogP contribution in [0, 0.1) is 0 Å². The minimum Gasteiger partial charge on any atom is -0.306 e. The average Bonchev–Trinajstić information content (AvgIpc) is 2.60. The molecule has 0 aromatic heterocycles. The molecule has 0 aliphatic heterocycles. The van der Waals surface area contributed by atoms with Gasteiger partial charge in [0.05, 0.1) is 7.11 Å². The zero-order chi connectivity index (χ0) is 16.7. The highest BCUT2D eigenvalue weighted by Crippen LogP contribution is 2.21. The van der Waals surface area contributed by atoms with E-state index < -0.39 is 0 Å². The van der Waals surface area contributed by atoms with Gasteiger partial charge in [-0.15, -0.1) is 0 Å². The molecule has 2 aromatic rings. The Morgan fingerprint density at radius 2 is 1.78 bits per heavy atom. The highest BCUT2D eigenvalue weighted by molar-refractivity contribution is 5.88. The SMILES string of the molecule is CON(C)C(=O)Nc1ccc(CCC(C)c2ccccc2)cc1. The molecule has 0 aliphatic rings. The zero-order valence-electron chi connectivity index (χ0n) is 14.0. The summed E-state index contributed by atoms with van der Waals surface area (Å²) in [6.45, 7) is 2.25. The zero-order valence-corrected chi connectivity index (χ0v) is 14.0. The van der Waals surface area contributed by atoms with Gasteiger partial charge in [0.25, 0.3) is 0 Å². The number of rotatable bonds is 6. The molecule has 2 rings (SSSR count). The van der Waals surface area contributed by atoms with Gasteiger partial charge in [0.15, 0.2) is 0 Å². The predicted molar refractivity (Wildman–Crippen MR) is 93.4 cm³/mol. The maximum atomic E-state index is 11.7. The number of benzene rings is 2. The summed E-state index contributed by atoms with van der Waals surface area (Å²) in [5.74, 6) is 0.533. The van der Waals surface area contributed by atoms with Gasteiger partial charge in [-0.3, -0.25) is 4.84 Å². The number of hydrogen-bond donors (Lipinski definition) is 1. The van der Waals surface area contributed by atoms with E-state index in [2.05, 4.69) is 48.6 Å². The van der Waals surface area contributed by atoms with Crippen molar-refractivity contribution in [3.63, 3.8) is 0 Å². The molecular weight excluding hydrogens is 288 g/mol.